The van der Waals surface area contributed by atoms with E-state index in [1.54, 1.807) is 61.8 Å². The summed E-state index contributed by atoms with van der Waals surface area (Å²) in [6.45, 7) is 10.8. The van der Waals surface area contributed by atoms with Crippen LogP contribution in [0.1, 0.15) is 115 Å². The number of nitrogens with zero attached hydrogens (tertiary/aromatic N) is 12. The molecule has 4 aliphatic heterocycles. The molecule has 28 heteroatoms. The zero-order chi connectivity index (χ0) is 70.1. The third-order valence-corrected chi connectivity index (χ3v) is 19.8. The molecule has 0 spiro atoms. The van der Waals surface area contributed by atoms with E-state index in [4.69, 9.17) is 37.9 Å². The first-order valence-electron chi connectivity index (χ1n) is 36.1. The van der Waals surface area contributed by atoms with Gasteiger partial charge in [-0.25, -0.2) is 34.7 Å². The Morgan fingerprint density at radius 2 is 0.825 bits per heavy atom. The lowest BCUT2D eigenvalue weighted by atomic mass is 9.93. The van der Waals surface area contributed by atoms with E-state index in [-0.39, 0.29) is 48.2 Å². The molecule has 3 saturated carbocycles. The van der Waals surface area contributed by atoms with E-state index < -0.39 is 0 Å². The summed E-state index contributed by atoms with van der Waals surface area (Å²) >= 11 is 0. The highest BCUT2D eigenvalue weighted by Crippen LogP contribution is 2.37. The van der Waals surface area contributed by atoms with Crippen LogP contribution < -0.4 is 50.2 Å². The quantitative estimate of drug-likeness (QED) is 0.0500. The molecule has 7 aliphatic rings. The minimum Gasteiger partial charge on any atom is -0.488 e. The maximum absolute atomic E-state index is 12.4. The van der Waals surface area contributed by atoms with Crippen LogP contribution in [-0.4, -0.2) is 209 Å². The number of pyridine rings is 2. The Hall–Kier alpha value is -10.2. The predicted molar refractivity (Wildman–Crippen MR) is 388 cm³/mol. The summed E-state index contributed by atoms with van der Waals surface area (Å²) in [5, 5.41) is 13.1. The van der Waals surface area contributed by atoms with Crippen LogP contribution in [0.4, 0.5) is 28.7 Å². The van der Waals surface area contributed by atoms with Crippen LogP contribution in [0.2, 0.25) is 0 Å². The number of morpholine rings is 3. The third-order valence-electron chi connectivity index (χ3n) is 19.8. The van der Waals surface area contributed by atoms with Gasteiger partial charge in [0, 0.05) is 161 Å². The van der Waals surface area contributed by atoms with Crippen LogP contribution in [0.25, 0.3) is 33.1 Å². The minimum absolute atomic E-state index is 0.0851. The Labute approximate surface area is 597 Å². The van der Waals surface area contributed by atoms with Gasteiger partial charge in [0.2, 0.25) is 0 Å². The van der Waals surface area contributed by atoms with Gasteiger partial charge in [-0.15, -0.1) is 0 Å². The number of carbonyl (C=O) groups is 3. The molecule has 5 N–H and O–H groups in total. The molecular formula is C75H89N17O11. The molecular weight excluding hydrogens is 1310 g/mol. The number of methoxy groups -OCH3 is 1. The molecule has 2 amide bonds. The fraction of sp³-hybridized carbons (Fsp3) is 0.467. The number of ether oxygens (including phenoxy) is 8. The van der Waals surface area contributed by atoms with Crippen molar-refractivity contribution in [3.8, 4) is 17.2 Å². The Balaban J connectivity index is 0.000000131. The molecule has 0 unspecified atom stereocenters. The van der Waals surface area contributed by atoms with Crippen molar-refractivity contribution < 1.29 is 52.3 Å². The lowest BCUT2D eigenvalue weighted by Crippen LogP contribution is -2.40. The molecule has 10 heterocycles. The number of H-pyrrole nitrogens is 1. The maximum Gasteiger partial charge on any atom is 0.339 e. The highest BCUT2D eigenvalue weighted by molar-refractivity contribution is 5.94. The van der Waals surface area contributed by atoms with Crippen molar-refractivity contribution in [3.05, 3.63) is 140 Å². The SMILES string of the molecule is COC(=O)c1ccc(NC2CCC(Oc3cc(N4CCOCC4)cc4nccnc34)CC2)nc1.O=C(NC1CCC(Oc2cc(N3CCOCC3)cc3nccnc23)CC1)c1ncc[nH]1.O=C(N[C@H]1CCOC1)c1ccc(NC2CCC(Oc3cc(N4CCOCC4)cc4nccnc34)CC2)nc1. The number of hydrogen-bond acceptors (Lipinski definition) is 25. The lowest BCUT2D eigenvalue weighted by Gasteiger charge is -2.31. The molecule has 4 saturated heterocycles. The molecule has 28 nitrogen and oxygen atoms in total. The van der Waals surface area contributed by atoms with Gasteiger partial charge in [-0.05, 0) is 126 Å². The molecule has 9 aromatic rings. The fourth-order valence-corrected chi connectivity index (χ4v) is 14.2. The number of aromatic amines is 1. The van der Waals surface area contributed by atoms with Gasteiger partial charge < -0.3 is 78.8 Å². The number of aromatic nitrogens is 10. The van der Waals surface area contributed by atoms with Gasteiger partial charge in [0.25, 0.3) is 11.8 Å². The van der Waals surface area contributed by atoms with Crippen molar-refractivity contribution in [2.45, 2.75) is 126 Å². The normalized spacial score (nSPS) is 22.1. The number of fused-ring (bicyclic) bond motifs is 3. The van der Waals surface area contributed by atoms with Gasteiger partial charge in [-0.3, -0.25) is 24.5 Å². The number of esters is 1. The lowest BCUT2D eigenvalue weighted by molar-refractivity contribution is 0.0599. The van der Waals surface area contributed by atoms with Crippen molar-refractivity contribution in [2.24, 2.45) is 0 Å². The van der Waals surface area contributed by atoms with E-state index in [0.29, 0.717) is 42.2 Å². The van der Waals surface area contributed by atoms with Crippen LogP contribution in [0.3, 0.4) is 0 Å². The molecule has 540 valence electrons. The topological polar surface area (TPSA) is 315 Å². The zero-order valence-electron chi connectivity index (χ0n) is 58.0. The standard InChI is InChI=1S/C28H34N6O4.C25H29N5O4.C22H26N6O3/c35-28(33-21-7-12-37-18-21)19-1-6-26(31-17-19)32-20-2-4-23(5-3-20)38-25-16-22(34-10-13-36-14-11-34)15-24-27(25)30-9-8-29-24;1-32-25(31)17-2-7-23(28-16-17)29-18-3-5-20(6-4-18)34-22-15-19(30-10-12-33-13-11-30)14-21-24(22)27-9-8-26-21;29-22(21-25-7-8-26-21)27-15-1-3-17(4-2-15)31-19-14-16(28-9-11-30-12-10-28)13-18-20(19)24-6-5-23-18/h1,6,8-9,15-17,20-21,23H,2-5,7,10-14,18H2,(H,31,32)(H,33,35);2,7-9,14-16,18,20H,3-6,10-13H2,1H3,(H,28,29);5-8,13-15,17H,1-4,9-12H2,(H,25,26)(H,27,29)/t20?,21-,23?;;/m0../s1. The zero-order valence-corrected chi connectivity index (χ0v) is 58.0. The number of carbonyl (C=O) groups excluding carboxylic acids is 3. The average molecular weight is 1400 g/mol. The number of nitrogens with one attached hydrogen (secondary N) is 5. The van der Waals surface area contributed by atoms with Crippen LogP contribution in [0.5, 0.6) is 17.2 Å². The van der Waals surface area contributed by atoms with Crippen LogP contribution in [0, 0.1) is 0 Å². The first-order chi connectivity index (χ1) is 50.7. The number of amides is 2. The highest BCUT2D eigenvalue weighted by atomic mass is 16.5. The Morgan fingerprint density at radius 1 is 0.417 bits per heavy atom. The van der Waals surface area contributed by atoms with Crippen molar-refractivity contribution in [1.29, 1.82) is 0 Å². The molecule has 3 aliphatic carbocycles. The van der Waals surface area contributed by atoms with E-state index in [9.17, 15) is 14.4 Å². The molecule has 103 heavy (non-hydrogen) atoms. The fourth-order valence-electron chi connectivity index (χ4n) is 14.2. The number of anilines is 5. The van der Waals surface area contributed by atoms with E-state index in [1.165, 1.54) is 13.3 Å². The molecule has 0 radical (unpaired) electrons. The maximum atomic E-state index is 12.4. The molecule has 1 atom stereocenters. The van der Waals surface area contributed by atoms with Crippen molar-refractivity contribution in [1.82, 2.24) is 60.5 Å². The monoisotopic (exact) mass is 1400 g/mol. The van der Waals surface area contributed by atoms with Gasteiger partial charge in [0.05, 0.1) is 105 Å². The molecule has 16 rings (SSSR count). The number of imidazole rings is 1. The second kappa shape index (κ2) is 34.2. The van der Waals surface area contributed by atoms with Crippen molar-refractivity contribution in [3.63, 3.8) is 0 Å². The van der Waals surface area contributed by atoms with Gasteiger partial charge in [-0.2, -0.15) is 0 Å². The first-order valence-corrected chi connectivity index (χ1v) is 36.1. The first kappa shape index (κ1) is 69.9. The number of hydrogen-bond donors (Lipinski definition) is 5. The summed E-state index contributed by atoms with van der Waals surface area (Å²) in [6, 6.07) is 20.6. The second-order valence-electron chi connectivity index (χ2n) is 26.8. The Bertz CT molecular complexity index is 4250. The molecule has 7 fully saturated rings. The van der Waals surface area contributed by atoms with Gasteiger partial charge in [0.15, 0.2) is 5.82 Å². The van der Waals surface area contributed by atoms with E-state index in [2.05, 4.69) is 122 Å². The van der Waals surface area contributed by atoms with E-state index in [0.717, 1.165) is 241 Å². The second-order valence-corrected chi connectivity index (χ2v) is 26.8. The summed E-state index contributed by atoms with van der Waals surface area (Å²) in [4.78, 5) is 86.0. The minimum atomic E-state index is -0.383. The van der Waals surface area contributed by atoms with Gasteiger partial charge in [0.1, 0.15) is 45.4 Å². The summed E-state index contributed by atoms with van der Waals surface area (Å²) in [6.07, 6.45) is 29.0. The van der Waals surface area contributed by atoms with Gasteiger partial charge >= 0.3 is 5.97 Å². The van der Waals surface area contributed by atoms with E-state index >= 15 is 0 Å². The molecule has 3 aromatic carbocycles. The number of rotatable bonds is 18. The molecule has 6 aromatic heterocycles. The highest BCUT2D eigenvalue weighted by Gasteiger charge is 2.30. The summed E-state index contributed by atoms with van der Waals surface area (Å²) < 4.78 is 46.0. The summed E-state index contributed by atoms with van der Waals surface area (Å²) in [5.41, 5.74) is 9.22. The van der Waals surface area contributed by atoms with Crippen molar-refractivity contribution in [2.75, 3.05) is 125 Å². The Kier molecular flexibility index (Phi) is 23.2. The predicted octanol–water partition coefficient (Wildman–Crippen LogP) is 8.94. The smallest absolute Gasteiger partial charge is 0.339 e. The van der Waals surface area contributed by atoms with Crippen LogP contribution in [0.15, 0.2) is 123 Å². The Morgan fingerprint density at radius 3 is 1.20 bits per heavy atom. The summed E-state index contributed by atoms with van der Waals surface area (Å²) in [5.74, 6) is 3.62. The molecule has 0 bridgehead atoms. The largest absolute Gasteiger partial charge is 0.488 e. The third kappa shape index (κ3) is 18.4. The van der Waals surface area contributed by atoms with Crippen LogP contribution in [-0.2, 0) is 23.7 Å². The van der Waals surface area contributed by atoms with E-state index in [1.807, 2.05) is 18.2 Å². The number of benzene rings is 3. The van der Waals surface area contributed by atoms with Gasteiger partial charge in [-0.1, -0.05) is 0 Å². The van der Waals surface area contributed by atoms with Crippen molar-refractivity contribution >= 4 is 79.6 Å². The average Bonchev–Trinajstić information content (AvgIpc) is 1.38. The summed E-state index contributed by atoms with van der Waals surface area (Å²) in [7, 11) is 1.36. The van der Waals surface area contributed by atoms with Crippen LogP contribution >= 0.6 is 0 Å².